The molecule has 0 fully saturated rings. The van der Waals surface area contributed by atoms with Gasteiger partial charge in [-0.3, -0.25) is 0 Å². The molecule has 0 radical (unpaired) electrons. The summed E-state index contributed by atoms with van der Waals surface area (Å²) in [6.07, 6.45) is 1.17. The lowest BCUT2D eigenvalue weighted by atomic mass is 10.4. The van der Waals surface area contributed by atoms with Gasteiger partial charge < -0.3 is 14.8 Å². The molecule has 0 unspecified atom stereocenters. The summed E-state index contributed by atoms with van der Waals surface area (Å²) in [5, 5.41) is 3.01. The van der Waals surface area contributed by atoms with Crippen molar-refractivity contribution in [2.24, 2.45) is 0 Å². The van der Waals surface area contributed by atoms with Gasteiger partial charge in [-0.1, -0.05) is 0 Å². The van der Waals surface area contributed by atoms with E-state index in [1.807, 2.05) is 0 Å². The molecular formula is C10H15FN2O2. The fourth-order valence-electron chi connectivity index (χ4n) is 0.976. The van der Waals surface area contributed by atoms with Crippen molar-refractivity contribution in [3.63, 3.8) is 0 Å². The van der Waals surface area contributed by atoms with E-state index in [2.05, 4.69) is 10.3 Å². The first-order chi connectivity index (χ1) is 7.33. The summed E-state index contributed by atoms with van der Waals surface area (Å²) in [7, 11) is 1.63. The average Bonchev–Trinajstić information content (AvgIpc) is 2.26. The Kier molecular flexibility index (Phi) is 5.65. The molecule has 1 rings (SSSR count). The largest absolute Gasteiger partial charge is 0.382 e. The van der Waals surface area contributed by atoms with Crippen LogP contribution in [0.25, 0.3) is 0 Å². The molecule has 5 heteroatoms. The SMILES string of the molecule is COCCOCCNc1ccc(F)cn1. The van der Waals surface area contributed by atoms with Crippen molar-refractivity contribution < 1.29 is 13.9 Å². The lowest BCUT2D eigenvalue weighted by molar-refractivity contribution is 0.0759. The van der Waals surface area contributed by atoms with Crippen molar-refractivity contribution in [1.29, 1.82) is 0 Å². The maximum atomic E-state index is 12.5. The monoisotopic (exact) mass is 214 g/mol. The molecule has 0 aliphatic rings. The zero-order valence-electron chi connectivity index (χ0n) is 8.70. The van der Waals surface area contributed by atoms with Crippen LogP contribution in [-0.4, -0.2) is 38.5 Å². The zero-order chi connectivity index (χ0) is 10.9. The molecule has 0 aliphatic carbocycles. The number of hydrogen-bond donors (Lipinski definition) is 1. The average molecular weight is 214 g/mol. The molecule has 84 valence electrons. The highest BCUT2D eigenvalue weighted by Gasteiger charge is 1.93. The summed E-state index contributed by atoms with van der Waals surface area (Å²) in [4.78, 5) is 3.85. The Morgan fingerprint density at radius 2 is 2.20 bits per heavy atom. The minimum atomic E-state index is -0.336. The number of halogens is 1. The second kappa shape index (κ2) is 7.14. The molecule has 0 spiro atoms. The summed E-state index contributed by atoms with van der Waals surface area (Å²) in [5.41, 5.74) is 0. The molecule has 4 nitrogen and oxygen atoms in total. The topological polar surface area (TPSA) is 43.4 Å². The Morgan fingerprint density at radius 1 is 1.33 bits per heavy atom. The van der Waals surface area contributed by atoms with Crippen molar-refractivity contribution in [3.05, 3.63) is 24.1 Å². The Balaban J connectivity index is 2.07. The molecule has 0 amide bonds. The van der Waals surface area contributed by atoms with Gasteiger partial charge >= 0.3 is 0 Å². The van der Waals surface area contributed by atoms with Crippen molar-refractivity contribution >= 4 is 5.82 Å². The number of nitrogens with one attached hydrogen (secondary N) is 1. The van der Waals surface area contributed by atoms with Gasteiger partial charge in [-0.15, -0.1) is 0 Å². The number of nitrogens with zero attached hydrogens (tertiary/aromatic N) is 1. The highest BCUT2D eigenvalue weighted by Crippen LogP contribution is 2.02. The van der Waals surface area contributed by atoms with E-state index in [1.165, 1.54) is 12.3 Å². The van der Waals surface area contributed by atoms with Gasteiger partial charge in [-0.05, 0) is 12.1 Å². The molecule has 1 N–H and O–H groups in total. The summed E-state index contributed by atoms with van der Waals surface area (Å²) in [5.74, 6) is 0.309. The van der Waals surface area contributed by atoms with E-state index in [4.69, 9.17) is 9.47 Å². The van der Waals surface area contributed by atoms with Crippen molar-refractivity contribution in [1.82, 2.24) is 4.98 Å². The molecule has 0 saturated carbocycles. The number of methoxy groups -OCH3 is 1. The van der Waals surface area contributed by atoms with Gasteiger partial charge in [0.1, 0.15) is 11.6 Å². The fraction of sp³-hybridized carbons (Fsp3) is 0.500. The first kappa shape index (κ1) is 11.9. The van der Waals surface area contributed by atoms with Crippen LogP contribution in [0.15, 0.2) is 18.3 Å². The number of pyridine rings is 1. The highest BCUT2D eigenvalue weighted by atomic mass is 19.1. The van der Waals surface area contributed by atoms with Crippen molar-refractivity contribution in [2.45, 2.75) is 0 Å². The van der Waals surface area contributed by atoms with Crippen LogP contribution in [0, 0.1) is 5.82 Å². The highest BCUT2D eigenvalue weighted by molar-refractivity contribution is 5.33. The fourth-order valence-corrected chi connectivity index (χ4v) is 0.976. The molecule has 0 bridgehead atoms. The van der Waals surface area contributed by atoms with E-state index in [-0.39, 0.29) is 5.82 Å². The summed E-state index contributed by atoms with van der Waals surface area (Å²) in [6, 6.07) is 2.95. The van der Waals surface area contributed by atoms with Gasteiger partial charge in [0.25, 0.3) is 0 Å². The first-order valence-corrected chi connectivity index (χ1v) is 4.75. The van der Waals surface area contributed by atoms with Gasteiger partial charge in [0, 0.05) is 13.7 Å². The maximum absolute atomic E-state index is 12.5. The van der Waals surface area contributed by atoms with Crippen molar-refractivity contribution in [3.8, 4) is 0 Å². The van der Waals surface area contributed by atoms with Gasteiger partial charge in [-0.25, -0.2) is 9.37 Å². The minimum Gasteiger partial charge on any atom is -0.382 e. The summed E-state index contributed by atoms with van der Waals surface area (Å²) >= 11 is 0. The molecule has 1 aromatic rings. The number of anilines is 1. The van der Waals surface area contributed by atoms with Crippen LogP contribution in [0.3, 0.4) is 0 Å². The van der Waals surface area contributed by atoms with Crippen LogP contribution >= 0.6 is 0 Å². The third-order valence-corrected chi connectivity index (χ3v) is 1.71. The maximum Gasteiger partial charge on any atom is 0.141 e. The van der Waals surface area contributed by atoms with E-state index in [1.54, 1.807) is 13.2 Å². The van der Waals surface area contributed by atoms with E-state index in [0.29, 0.717) is 32.2 Å². The molecule has 1 aromatic heterocycles. The van der Waals surface area contributed by atoms with E-state index >= 15 is 0 Å². The molecule has 15 heavy (non-hydrogen) atoms. The van der Waals surface area contributed by atoms with E-state index < -0.39 is 0 Å². The first-order valence-electron chi connectivity index (χ1n) is 4.75. The molecule has 0 atom stereocenters. The summed E-state index contributed by atoms with van der Waals surface area (Å²) < 4.78 is 22.5. The van der Waals surface area contributed by atoms with E-state index in [0.717, 1.165) is 0 Å². The number of ether oxygens (including phenoxy) is 2. The van der Waals surface area contributed by atoms with E-state index in [9.17, 15) is 4.39 Å². The molecular weight excluding hydrogens is 199 g/mol. The second-order valence-electron chi connectivity index (χ2n) is 2.89. The summed E-state index contributed by atoms with van der Waals surface area (Å²) in [6.45, 7) is 2.38. The molecule has 0 aliphatic heterocycles. The Morgan fingerprint density at radius 3 is 2.87 bits per heavy atom. The Bertz CT molecular complexity index is 267. The third-order valence-electron chi connectivity index (χ3n) is 1.71. The van der Waals surface area contributed by atoms with Gasteiger partial charge in [0.05, 0.1) is 26.0 Å². The molecule has 0 saturated heterocycles. The van der Waals surface area contributed by atoms with Crippen LogP contribution < -0.4 is 5.32 Å². The number of aromatic nitrogens is 1. The lowest BCUT2D eigenvalue weighted by Crippen LogP contribution is -2.12. The standard InChI is InChI=1S/C10H15FN2O2/c1-14-6-7-15-5-4-12-10-3-2-9(11)8-13-10/h2-3,8H,4-7H2,1H3,(H,12,13). The lowest BCUT2D eigenvalue weighted by Gasteiger charge is -2.05. The normalized spacial score (nSPS) is 10.3. The zero-order valence-corrected chi connectivity index (χ0v) is 8.70. The number of hydrogen-bond acceptors (Lipinski definition) is 4. The predicted molar refractivity (Wildman–Crippen MR) is 55.4 cm³/mol. The van der Waals surface area contributed by atoms with Crippen molar-refractivity contribution in [2.75, 3.05) is 38.8 Å². The van der Waals surface area contributed by atoms with Gasteiger partial charge in [0.2, 0.25) is 0 Å². The van der Waals surface area contributed by atoms with Crippen LogP contribution in [-0.2, 0) is 9.47 Å². The molecule has 1 heterocycles. The van der Waals surface area contributed by atoms with Crippen LogP contribution in [0.4, 0.5) is 10.2 Å². The van der Waals surface area contributed by atoms with Crippen LogP contribution in [0.1, 0.15) is 0 Å². The smallest absolute Gasteiger partial charge is 0.141 e. The van der Waals surface area contributed by atoms with Gasteiger partial charge in [0.15, 0.2) is 0 Å². The third kappa shape index (κ3) is 5.29. The Labute approximate surface area is 88.4 Å². The quantitative estimate of drug-likeness (QED) is 0.695. The van der Waals surface area contributed by atoms with Gasteiger partial charge in [-0.2, -0.15) is 0 Å². The van der Waals surface area contributed by atoms with Crippen LogP contribution in [0.2, 0.25) is 0 Å². The predicted octanol–water partition coefficient (Wildman–Crippen LogP) is 1.30. The second-order valence-corrected chi connectivity index (χ2v) is 2.89. The Hall–Kier alpha value is -1.20. The number of rotatable bonds is 7. The molecule has 0 aromatic carbocycles. The van der Waals surface area contributed by atoms with Crippen LogP contribution in [0.5, 0.6) is 0 Å². The minimum absolute atomic E-state index is 0.336.